The Hall–Kier alpha value is -2.25. The van der Waals surface area contributed by atoms with E-state index in [1.807, 2.05) is 111 Å². The van der Waals surface area contributed by atoms with Crippen LogP contribution in [0.5, 0.6) is 0 Å². The Morgan fingerprint density at radius 2 is 0.891 bits per heavy atom. The molecule has 2 N–H and O–H groups in total. The molecule has 5 aliphatic rings. The van der Waals surface area contributed by atoms with Crippen LogP contribution < -0.4 is 24.7 Å². The number of hydrogen-bond donors (Lipinski definition) is 2. The summed E-state index contributed by atoms with van der Waals surface area (Å²) >= 11 is 3.30. The van der Waals surface area contributed by atoms with Gasteiger partial charge in [-0.2, -0.15) is 0 Å². The van der Waals surface area contributed by atoms with Crippen molar-refractivity contribution >= 4 is 85.6 Å². The first-order chi connectivity index (χ1) is 28.9. The lowest BCUT2D eigenvalue weighted by atomic mass is 9.49. The SMILES string of the molecule is CC1(C)OB(B2OC(C)(C)C(C)(C)O2)OC1(C)C.CN(C)C1CN(c2ncc(B3OC(C)(C)C(C)(C)O3)cc2NS(C)(=O)=O)C1.CN(C)C1CN(c2ncc(Br)cc2NS(C)(=O)=O)C1. The predicted octanol–water partition coefficient (Wildman–Crippen LogP) is 3.72. The second kappa shape index (κ2) is 18.3. The molecule has 18 nitrogen and oxygen atoms in total. The molecular weight excluding hydrogens is 929 g/mol. The van der Waals surface area contributed by atoms with Gasteiger partial charge in [-0.05, 0) is 139 Å². The van der Waals surface area contributed by atoms with Gasteiger partial charge in [0.15, 0.2) is 11.6 Å². The van der Waals surface area contributed by atoms with E-state index in [0.29, 0.717) is 40.6 Å². The van der Waals surface area contributed by atoms with Crippen LogP contribution in [0.15, 0.2) is 29.0 Å². The molecule has 0 saturated carbocycles. The molecule has 0 spiro atoms. The Morgan fingerprint density at radius 3 is 1.22 bits per heavy atom. The number of halogens is 1. The summed E-state index contributed by atoms with van der Waals surface area (Å²) in [5, 5.41) is 0. The Morgan fingerprint density at radius 1 is 0.578 bits per heavy atom. The molecule has 0 atom stereocenters. The van der Waals surface area contributed by atoms with E-state index in [1.165, 1.54) is 0 Å². The third-order valence-corrected chi connectivity index (χ3v) is 15.0. The van der Waals surface area contributed by atoms with E-state index in [0.717, 1.165) is 43.2 Å². The summed E-state index contributed by atoms with van der Waals surface area (Å²) in [7, 11) is -0.163. The number of anilines is 4. The minimum Gasteiger partial charge on any atom is -0.405 e. The van der Waals surface area contributed by atoms with Gasteiger partial charge in [-0.15, -0.1) is 0 Å². The zero-order valence-corrected chi connectivity index (χ0v) is 44.2. The van der Waals surface area contributed by atoms with Gasteiger partial charge in [0.1, 0.15) is 0 Å². The summed E-state index contributed by atoms with van der Waals surface area (Å²) in [6.07, 6.45) is 5.65. The van der Waals surface area contributed by atoms with Crippen LogP contribution in [0.3, 0.4) is 0 Å². The lowest BCUT2D eigenvalue weighted by Gasteiger charge is -2.44. The first-order valence-electron chi connectivity index (χ1n) is 21.4. The Kier molecular flexibility index (Phi) is 15.1. The van der Waals surface area contributed by atoms with E-state index in [4.69, 9.17) is 27.9 Å². The fraction of sp³-hybridized carbons (Fsp3) is 0.750. The molecule has 24 heteroatoms. The molecule has 7 rings (SSSR count). The number of nitrogens with zero attached hydrogens (tertiary/aromatic N) is 6. The molecule has 64 heavy (non-hydrogen) atoms. The molecule has 358 valence electrons. The normalized spacial score (nSPS) is 23.3. The molecule has 2 aromatic heterocycles. The second-order valence-electron chi connectivity index (χ2n) is 20.8. The van der Waals surface area contributed by atoms with Gasteiger partial charge in [-0.3, -0.25) is 9.44 Å². The molecule has 0 aromatic carbocycles. The highest BCUT2D eigenvalue weighted by Crippen LogP contribution is 2.43. The number of nitrogens with one attached hydrogen (secondary N) is 2. The second-order valence-corrected chi connectivity index (χ2v) is 25.2. The summed E-state index contributed by atoms with van der Waals surface area (Å²) in [5.41, 5.74) is -0.747. The van der Waals surface area contributed by atoms with Gasteiger partial charge < -0.3 is 47.5 Å². The summed E-state index contributed by atoms with van der Waals surface area (Å²) < 4.78 is 88.3. The summed E-state index contributed by atoms with van der Waals surface area (Å²) in [6, 6.07) is 4.40. The van der Waals surface area contributed by atoms with E-state index < -0.39 is 52.4 Å². The van der Waals surface area contributed by atoms with Crippen LogP contribution in [0, 0.1) is 0 Å². The Labute approximate surface area is 392 Å². The van der Waals surface area contributed by atoms with Crippen molar-refractivity contribution in [3.8, 4) is 0 Å². The third kappa shape index (κ3) is 12.1. The number of sulfonamides is 2. The Bertz CT molecular complexity index is 2140. The molecule has 5 saturated heterocycles. The van der Waals surface area contributed by atoms with Crippen molar-refractivity contribution < 1.29 is 44.8 Å². The fourth-order valence-electron chi connectivity index (χ4n) is 6.98. The van der Waals surface area contributed by atoms with Crippen LogP contribution in [-0.4, -0.2) is 170 Å². The van der Waals surface area contributed by atoms with Crippen LogP contribution in [-0.2, 0) is 48.0 Å². The lowest BCUT2D eigenvalue weighted by Crippen LogP contribution is -2.58. The van der Waals surface area contributed by atoms with Crippen LogP contribution in [0.4, 0.5) is 23.0 Å². The molecule has 7 heterocycles. The molecular formula is C40H70B3BrN8O10S2. The highest BCUT2D eigenvalue weighted by atomic mass is 79.9. The van der Waals surface area contributed by atoms with Crippen molar-refractivity contribution in [1.82, 2.24) is 19.8 Å². The van der Waals surface area contributed by atoms with E-state index in [-0.39, 0.29) is 22.4 Å². The van der Waals surface area contributed by atoms with E-state index in [9.17, 15) is 16.8 Å². The number of pyridine rings is 2. The highest BCUT2D eigenvalue weighted by molar-refractivity contribution is 9.10. The Balaban J connectivity index is 0.000000186. The highest BCUT2D eigenvalue weighted by Gasteiger charge is 2.63. The molecule has 0 radical (unpaired) electrons. The largest absolute Gasteiger partial charge is 0.496 e. The molecule has 0 unspecified atom stereocenters. The summed E-state index contributed by atoms with van der Waals surface area (Å²) in [5.74, 6) is 1.30. The van der Waals surface area contributed by atoms with Gasteiger partial charge >= 0.3 is 21.1 Å². The summed E-state index contributed by atoms with van der Waals surface area (Å²) in [4.78, 5) is 17.3. The van der Waals surface area contributed by atoms with Crippen molar-refractivity contribution in [3.63, 3.8) is 0 Å². The molecule has 2 aromatic rings. The van der Waals surface area contributed by atoms with Crippen LogP contribution in [0.1, 0.15) is 83.1 Å². The first-order valence-corrected chi connectivity index (χ1v) is 26.0. The van der Waals surface area contributed by atoms with Gasteiger partial charge in [0.2, 0.25) is 20.0 Å². The average Bonchev–Trinajstić information content (AvgIpc) is 3.53. The number of aromatic nitrogens is 2. The topological polar surface area (TPSA) is 186 Å². The maximum atomic E-state index is 11.9. The molecule has 0 amide bonds. The van der Waals surface area contributed by atoms with E-state index >= 15 is 0 Å². The number of rotatable bonds is 10. The number of likely N-dealkylation sites (N-methyl/N-ethyl adjacent to an activating group) is 2. The van der Waals surface area contributed by atoms with E-state index in [2.05, 4.69) is 54.9 Å². The average molecular weight is 1000 g/mol. The monoisotopic (exact) mass is 998 g/mol. The minimum atomic E-state index is -3.44. The maximum Gasteiger partial charge on any atom is 0.496 e. The zero-order valence-electron chi connectivity index (χ0n) is 41.0. The van der Waals surface area contributed by atoms with Gasteiger partial charge in [0, 0.05) is 60.6 Å². The van der Waals surface area contributed by atoms with Crippen molar-refractivity contribution in [2.75, 3.05) is 86.1 Å². The predicted molar refractivity (Wildman–Crippen MR) is 260 cm³/mol. The van der Waals surface area contributed by atoms with Gasteiger partial charge in [0.25, 0.3) is 0 Å². The molecule has 5 fully saturated rings. The van der Waals surface area contributed by atoms with Crippen LogP contribution >= 0.6 is 15.9 Å². The molecule has 0 bridgehead atoms. The maximum absolute atomic E-state index is 11.9. The molecule has 0 aliphatic carbocycles. The fourth-order valence-corrected chi connectivity index (χ4v) is 8.41. The smallest absolute Gasteiger partial charge is 0.405 e. The summed E-state index contributed by atoms with van der Waals surface area (Å²) in [6.45, 7) is 27.4. The van der Waals surface area contributed by atoms with Crippen molar-refractivity contribution in [2.45, 2.75) is 129 Å². The van der Waals surface area contributed by atoms with E-state index in [1.54, 1.807) is 24.5 Å². The standard InChI is InChI=1S/C17H29BN4O4S.C12H24B2O4.C11H17BrN4O2S/c1-16(2)17(3,4)26-18(25-16)12-8-14(20-27(7,23)24)15(19-9-12)22-10-13(11-22)21(5)6;1-9(2)10(3,4)16-13(15-9)14-17-11(5,6)12(7,8)18-14;1-15(2)9-6-16(7-9)11-10(14-19(3,17)18)4-8(12)5-13-11/h8-9,13,20H,10-11H2,1-7H3;1-8H3;4-5,9,14H,6-7H2,1-3H3. The van der Waals surface area contributed by atoms with Gasteiger partial charge in [-0.25, -0.2) is 26.8 Å². The van der Waals surface area contributed by atoms with Gasteiger partial charge in [0.05, 0.1) is 57.5 Å². The first kappa shape index (κ1) is 52.7. The zero-order chi connectivity index (χ0) is 48.4. The van der Waals surface area contributed by atoms with Gasteiger partial charge in [-0.1, -0.05) is 0 Å². The van der Waals surface area contributed by atoms with Crippen LogP contribution in [0.2, 0.25) is 0 Å². The number of hydrogen-bond acceptors (Lipinski definition) is 16. The lowest BCUT2D eigenvalue weighted by molar-refractivity contribution is 0.00578. The van der Waals surface area contributed by atoms with Crippen LogP contribution in [0.25, 0.3) is 0 Å². The third-order valence-electron chi connectivity index (χ3n) is 13.4. The van der Waals surface area contributed by atoms with Crippen molar-refractivity contribution in [3.05, 3.63) is 29.0 Å². The minimum absolute atomic E-state index is 0.360. The molecule has 5 aliphatic heterocycles. The quantitative estimate of drug-likeness (QED) is 0.328. The van der Waals surface area contributed by atoms with Crippen molar-refractivity contribution in [2.24, 2.45) is 0 Å². The van der Waals surface area contributed by atoms with Crippen molar-refractivity contribution in [1.29, 1.82) is 0 Å².